The average Bonchev–Trinajstić information content (AvgIpc) is 2.62. The van der Waals surface area contributed by atoms with Crippen molar-refractivity contribution in [3.05, 3.63) is 28.5 Å². The normalized spacial score (nSPS) is 11.2. The molecule has 2 aromatic rings. The molecule has 0 bridgehead atoms. The lowest BCUT2D eigenvalue weighted by Gasteiger charge is -2.03. The van der Waals surface area contributed by atoms with Crippen molar-refractivity contribution in [3.63, 3.8) is 0 Å². The SMILES string of the molecule is Cn1c(CCNCCO)nc2ccc(Br)cc21. The quantitative estimate of drug-likeness (QED) is 0.822. The zero-order valence-corrected chi connectivity index (χ0v) is 11.4. The number of aryl methyl sites for hydroxylation is 1. The number of hydrogen-bond donors (Lipinski definition) is 2. The van der Waals surface area contributed by atoms with E-state index in [9.17, 15) is 0 Å². The maximum absolute atomic E-state index is 8.67. The Morgan fingerprint density at radius 2 is 2.24 bits per heavy atom. The topological polar surface area (TPSA) is 50.1 Å². The molecule has 0 amide bonds. The highest BCUT2D eigenvalue weighted by atomic mass is 79.9. The molecule has 0 radical (unpaired) electrons. The van der Waals surface area contributed by atoms with Crippen LogP contribution in [-0.4, -0.2) is 34.4 Å². The van der Waals surface area contributed by atoms with Gasteiger partial charge in [0.05, 0.1) is 17.6 Å². The van der Waals surface area contributed by atoms with E-state index in [0.717, 1.165) is 34.3 Å². The van der Waals surface area contributed by atoms with Gasteiger partial charge in [0.1, 0.15) is 5.82 Å². The lowest BCUT2D eigenvalue weighted by molar-refractivity contribution is 0.292. The molecule has 0 aliphatic heterocycles. The van der Waals surface area contributed by atoms with Crippen LogP contribution in [0, 0.1) is 0 Å². The number of aliphatic hydroxyl groups is 1. The standard InChI is InChI=1S/C12H16BrN3O/c1-16-11-8-9(13)2-3-10(11)15-12(16)4-5-14-6-7-17/h2-3,8,14,17H,4-7H2,1H3. The molecule has 0 spiro atoms. The van der Waals surface area contributed by atoms with E-state index in [2.05, 4.69) is 36.9 Å². The molecule has 2 rings (SSSR count). The summed E-state index contributed by atoms with van der Waals surface area (Å²) >= 11 is 3.47. The number of aromatic nitrogens is 2. The van der Waals surface area contributed by atoms with Crippen molar-refractivity contribution < 1.29 is 5.11 Å². The largest absolute Gasteiger partial charge is 0.395 e. The number of benzene rings is 1. The van der Waals surface area contributed by atoms with Gasteiger partial charge in [-0.1, -0.05) is 15.9 Å². The number of imidazole rings is 1. The van der Waals surface area contributed by atoms with Crippen LogP contribution in [0.5, 0.6) is 0 Å². The van der Waals surface area contributed by atoms with Crippen LogP contribution in [0.4, 0.5) is 0 Å². The highest BCUT2D eigenvalue weighted by molar-refractivity contribution is 9.10. The van der Waals surface area contributed by atoms with E-state index in [1.165, 1.54) is 0 Å². The van der Waals surface area contributed by atoms with E-state index in [1.54, 1.807) is 0 Å². The number of nitrogens with one attached hydrogen (secondary N) is 1. The molecule has 1 heterocycles. The van der Waals surface area contributed by atoms with Gasteiger partial charge in [0, 0.05) is 31.0 Å². The molecule has 2 N–H and O–H groups in total. The Bertz CT molecular complexity index is 510. The van der Waals surface area contributed by atoms with Gasteiger partial charge in [0.15, 0.2) is 0 Å². The van der Waals surface area contributed by atoms with Crippen molar-refractivity contribution in [2.24, 2.45) is 7.05 Å². The summed E-state index contributed by atoms with van der Waals surface area (Å²) < 4.78 is 3.18. The smallest absolute Gasteiger partial charge is 0.110 e. The third kappa shape index (κ3) is 2.86. The van der Waals surface area contributed by atoms with Gasteiger partial charge in [-0.2, -0.15) is 0 Å². The van der Waals surface area contributed by atoms with Crippen LogP contribution < -0.4 is 5.32 Å². The minimum absolute atomic E-state index is 0.176. The summed E-state index contributed by atoms with van der Waals surface area (Å²) in [5.41, 5.74) is 2.16. The summed E-state index contributed by atoms with van der Waals surface area (Å²) in [5, 5.41) is 11.8. The summed E-state index contributed by atoms with van der Waals surface area (Å²) in [5.74, 6) is 1.06. The predicted octanol–water partition coefficient (Wildman–Crippen LogP) is 1.46. The highest BCUT2D eigenvalue weighted by Crippen LogP contribution is 2.20. The van der Waals surface area contributed by atoms with E-state index in [-0.39, 0.29) is 6.61 Å². The fourth-order valence-corrected chi connectivity index (χ4v) is 2.19. The number of fused-ring (bicyclic) bond motifs is 1. The van der Waals surface area contributed by atoms with E-state index in [4.69, 9.17) is 5.11 Å². The third-order valence-electron chi connectivity index (χ3n) is 2.75. The van der Waals surface area contributed by atoms with Crippen LogP contribution in [0.2, 0.25) is 0 Å². The summed E-state index contributed by atoms with van der Waals surface area (Å²) in [6.45, 7) is 1.64. The summed E-state index contributed by atoms with van der Waals surface area (Å²) in [7, 11) is 2.03. The van der Waals surface area contributed by atoms with Crippen molar-refractivity contribution in [2.75, 3.05) is 19.7 Å². The maximum Gasteiger partial charge on any atom is 0.110 e. The third-order valence-corrected chi connectivity index (χ3v) is 3.24. The second-order valence-corrected chi connectivity index (χ2v) is 4.86. The fraction of sp³-hybridized carbons (Fsp3) is 0.417. The number of hydrogen-bond acceptors (Lipinski definition) is 3. The maximum atomic E-state index is 8.67. The van der Waals surface area contributed by atoms with Crippen LogP contribution in [0.25, 0.3) is 11.0 Å². The van der Waals surface area contributed by atoms with Crippen molar-refractivity contribution >= 4 is 27.0 Å². The van der Waals surface area contributed by atoms with Gasteiger partial charge in [-0.25, -0.2) is 4.98 Å². The minimum Gasteiger partial charge on any atom is -0.395 e. The molecule has 0 fully saturated rings. The van der Waals surface area contributed by atoms with Crippen LogP contribution in [0.3, 0.4) is 0 Å². The molecular weight excluding hydrogens is 282 g/mol. The van der Waals surface area contributed by atoms with Crippen molar-refractivity contribution in [2.45, 2.75) is 6.42 Å². The summed E-state index contributed by atoms with van der Waals surface area (Å²) in [6.07, 6.45) is 0.864. The molecule has 0 aliphatic carbocycles. The summed E-state index contributed by atoms with van der Waals surface area (Å²) in [4.78, 5) is 4.59. The molecule has 1 aromatic carbocycles. The molecule has 5 heteroatoms. The van der Waals surface area contributed by atoms with Crippen LogP contribution in [-0.2, 0) is 13.5 Å². The molecule has 17 heavy (non-hydrogen) atoms. The molecule has 4 nitrogen and oxygen atoms in total. The number of aliphatic hydroxyl groups excluding tert-OH is 1. The molecule has 0 aliphatic rings. The molecule has 92 valence electrons. The Hall–Kier alpha value is -0.910. The number of halogens is 1. The monoisotopic (exact) mass is 297 g/mol. The number of rotatable bonds is 5. The molecule has 0 saturated carbocycles. The lowest BCUT2D eigenvalue weighted by Crippen LogP contribution is -2.21. The molecule has 0 unspecified atom stereocenters. The Balaban J connectivity index is 2.15. The van der Waals surface area contributed by atoms with Gasteiger partial charge >= 0.3 is 0 Å². The second kappa shape index (κ2) is 5.62. The van der Waals surface area contributed by atoms with Gasteiger partial charge in [0.25, 0.3) is 0 Å². The van der Waals surface area contributed by atoms with Gasteiger partial charge in [-0.3, -0.25) is 0 Å². The lowest BCUT2D eigenvalue weighted by atomic mass is 10.3. The van der Waals surface area contributed by atoms with Gasteiger partial charge < -0.3 is 15.0 Å². The first kappa shape index (κ1) is 12.5. The van der Waals surface area contributed by atoms with Crippen LogP contribution in [0.15, 0.2) is 22.7 Å². The van der Waals surface area contributed by atoms with Gasteiger partial charge in [0.2, 0.25) is 0 Å². The Labute approximate surface area is 109 Å². The van der Waals surface area contributed by atoms with Crippen molar-refractivity contribution in [1.82, 2.24) is 14.9 Å². The van der Waals surface area contributed by atoms with E-state index in [1.807, 2.05) is 19.2 Å². The first-order valence-electron chi connectivity index (χ1n) is 5.65. The van der Waals surface area contributed by atoms with Crippen molar-refractivity contribution in [3.8, 4) is 0 Å². The zero-order valence-electron chi connectivity index (χ0n) is 9.78. The Kier molecular flexibility index (Phi) is 4.15. The first-order chi connectivity index (χ1) is 8.22. The van der Waals surface area contributed by atoms with Crippen LogP contribution in [0.1, 0.15) is 5.82 Å². The Morgan fingerprint density at radius 1 is 1.41 bits per heavy atom. The molecule has 0 atom stereocenters. The van der Waals surface area contributed by atoms with Crippen LogP contribution >= 0.6 is 15.9 Å². The predicted molar refractivity (Wildman–Crippen MR) is 72.1 cm³/mol. The summed E-state index contributed by atoms with van der Waals surface area (Å²) in [6, 6.07) is 6.10. The first-order valence-corrected chi connectivity index (χ1v) is 6.44. The number of nitrogens with zero attached hydrogens (tertiary/aromatic N) is 2. The average molecular weight is 298 g/mol. The molecule has 0 saturated heterocycles. The second-order valence-electron chi connectivity index (χ2n) is 3.94. The van der Waals surface area contributed by atoms with E-state index < -0.39 is 0 Å². The van der Waals surface area contributed by atoms with E-state index in [0.29, 0.717) is 6.54 Å². The van der Waals surface area contributed by atoms with E-state index >= 15 is 0 Å². The molecule has 1 aromatic heterocycles. The highest BCUT2D eigenvalue weighted by Gasteiger charge is 2.07. The zero-order chi connectivity index (χ0) is 12.3. The van der Waals surface area contributed by atoms with Crippen molar-refractivity contribution in [1.29, 1.82) is 0 Å². The Morgan fingerprint density at radius 3 is 3.00 bits per heavy atom. The van der Waals surface area contributed by atoms with Gasteiger partial charge in [-0.05, 0) is 18.2 Å². The molecular formula is C12H16BrN3O. The fourth-order valence-electron chi connectivity index (χ4n) is 1.84. The van der Waals surface area contributed by atoms with Gasteiger partial charge in [-0.15, -0.1) is 0 Å². The minimum atomic E-state index is 0.176.